The van der Waals surface area contributed by atoms with E-state index in [2.05, 4.69) is 18.0 Å². The van der Waals surface area contributed by atoms with Crippen LogP contribution in [-0.4, -0.2) is 6.54 Å². The largest absolute Gasteiger partial charge is 0.295 e. The molecule has 1 aromatic rings. The van der Waals surface area contributed by atoms with Gasteiger partial charge in [0.05, 0.1) is 6.07 Å². The van der Waals surface area contributed by atoms with Crippen LogP contribution in [-0.2, 0) is 0 Å². The van der Waals surface area contributed by atoms with E-state index < -0.39 is 0 Å². The first-order valence-electron chi connectivity index (χ1n) is 4.59. The van der Waals surface area contributed by atoms with E-state index in [1.165, 1.54) is 0 Å². The lowest BCUT2D eigenvalue weighted by Gasteiger charge is -2.12. The van der Waals surface area contributed by atoms with Crippen molar-refractivity contribution in [1.82, 2.24) is 5.32 Å². The average molecular weight is 186 g/mol. The number of nitriles is 1. The lowest BCUT2D eigenvalue weighted by molar-refractivity contribution is 0.680. The van der Waals surface area contributed by atoms with Gasteiger partial charge in [-0.05, 0) is 18.1 Å². The number of aryl methyl sites for hydroxylation is 1. The van der Waals surface area contributed by atoms with Gasteiger partial charge < -0.3 is 0 Å². The quantitative estimate of drug-likeness (QED) is 0.732. The Labute approximate surface area is 84.9 Å². The molecule has 0 saturated heterocycles. The molecule has 0 aromatic heterocycles. The van der Waals surface area contributed by atoms with E-state index in [4.69, 9.17) is 5.26 Å². The second-order valence-corrected chi connectivity index (χ2v) is 3.12. The van der Waals surface area contributed by atoms with Gasteiger partial charge in [0, 0.05) is 6.54 Å². The molecule has 1 atom stereocenters. The summed E-state index contributed by atoms with van der Waals surface area (Å²) < 4.78 is 0. The topological polar surface area (TPSA) is 35.8 Å². The van der Waals surface area contributed by atoms with Crippen LogP contribution in [0.15, 0.2) is 36.9 Å². The fourth-order valence-corrected chi connectivity index (χ4v) is 1.34. The molecule has 14 heavy (non-hydrogen) atoms. The van der Waals surface area contributed by atoms with Crippen LogP contribution in [0, 0.1) is 18.3 Å². The van der Waals surface area contributed by atoms with Crippen LogP contribution in [0.4, 0.5) is 0 Å². The number of rotatable bonds is 4. The lowest BCUT2D eigenvalue weighted by Crippen LogP contribution is -2.20. The number of hydrogen-bond donors (Lipinski definition) is 1. The summed E-state index contributed by atoms with van der Waals surface area (Å²) in [5.74, 6) is 0. The van der Waals surface area contributed by atoms with Gasteiger partial charge >= 0.3 is 0 Å². The van der Waals surface area contributed by atoms with Gasteiger partial charge in [-0.2, -0.15) is 5.26 Å². The van der Waals surface area contributed by atoms with Gasteiger partial charge in [0.1, 0.15) is 6.04 Å². The standard InChI is InChI=1S/C12H14N2/c1-3-8-14-12(9-13)11-7-5-4-6-10(11)2/h3-7,12,14H,1,8H2,2H3/t12-/m1/s1. The van der Waals surface area contributed by atoms with Crippen LogP contribution in [0.5, 0.6) is 0 Å². The Bertz CT molecular complexity index is 350. The van der Waals surface area contributed by atoms with E-state index in [1.807, 2.05) is 31.2 Å². The highest BCUT2D eigenvalue weighted by Crippen LogP contribution is 2.16. The third kappa shape index (κ3) is 2.45. The molecule has 0 bridgehead atoms. The SMILES string of the molecule is C=CCN[C@H](C#N)c1ccccc1C. The fraction of sp³-hybridized carbons (Fsp3) is 0.250. The molecule has 0 spiro atoms. The van der Waals surface area contributed by atoms with Gasteiger partial charge in [0.15, 0.2) is 0 Å². The summed E-state index contributed by atoms with van der Waals surface area (Å²) in [7, 11) is 0. The van der Waals surface area contributed by atoms with E-state index in [1.54, 1.807) is 6.08 Å². The number of benzene rings is 1. The first kappa shape index (κ1) is 10.5. The smallest absolute Gasteiger partial charge is 0.121 e. The summed E-state index contributed by atoms with van der Waals surface area (Å²) in [6, 6.07) is 9.89. The van der Waals surface area contributed by atoms with E-state index in [0.717, 1.165) is 11.1 Å². The highest BCUT2D eigenvalue weighted by atomic mass is 14.9. The molecule has 0 heterocycles. The maximum Gasteiger partial charge on any atom is 0.121 e. The molecule has 1 aromatic carbocycles. The Balaban J connectivity index is 2.85. The van der Waals surface area contributed by atoms with Crippen molar-refractivity contribution in [1.29, 1.82) is 5.26 Å². The van der Waals surface area contributed by atoms with Crippen molar-refractivity contribution in [3.05, 3.63) is 48.0 Å². The molecule has 0 aliphatic heterocycles. The monoisotopic (exact) mass is 186 g/mol. The van der Waals surface area contributed by atoms with Crippen molar-refractivity contribution in [2.24, 2.45) is 0 Å². The maximum atomic E-state index is 8.98. The molecule has 0 aliphatic carbocycles. The zero-order chi connectivity index (χ0) is 10.4. The summed E-state index contributed by atoms with van der Waals surface area (Å²) in [6.45, 7) is 6.27. The predicted octanol–water partition coefficient (Wildman–Crippen LogP) is 2.34. The second kappa shape index (κ2) is 5.21. The van der Waals surface area contributed by atoms with Gasteiger partial charge in [0.25, 0.3) is 0 Å². The summed E-state index contributed by atoms with van der Waals surface area (Å²) in [5.41, 5.74) is 2.17. The molecule has 0 unspecified atom stereocenters. The fourth-order valence-electron chi connectivity index (χ4n) is 1.34. The average Bonchev–Trinajstić information content (AvgIpc) is 2.21. The molecule has 2 nitrogen and oxygen atoms in total. The van der Waals surface area contributed by atoms with Crippen molar-refractivity contribution < 1.29 is 0 Å². The Morgan fingerprint density at radius 3 is 2.86 bits per heavy atom. The molecule has 1 rings (SSSR count). The van der Waals surface area contributed by atoms with Crippen LogP contribution in [0.3, 0.4) is 0 Å². The Kier molecular flexibility index (Phi) is 3.90. The molecule has 1 N–H and O–H groups in total. The van der Waals surface area contributed by atoms with Gasteiger partial charge in [-0.15, -0.1) is 6.58 Å². The van der Waals surface area contributed by atoms with Crippen LogP contribution in [0.2, 0.25) is 0 Å². The maximum absolute atomic E-state index is 8.98. The summed E-state index contributed by atoms with van der Waals surface area (Å²) in [5, 5.41) is 12.1. The van der Waals surface area contributed by atoms with Crippen molar-refractivity contribution in [2.75, 3.05) is 6.54 Å². The Morgan fingerprint density at radius 2 is 2.29 bits per heavy atom. The van der Waals surface area contributed by atoms with Crippen LogP contribution < -0.4 is 5.32 Å². The third-order valence-electron chi connectivity index (χ3n) is 2.09. The Hall–Kier alpha value is -1.59. The van der Waals surface area contributed by atoms with Gasteiger partial charge in [-0.1, -0.05) is 30.3 Å². The van der Waals surface area contributed by atoms with Crippen LogP contribution in [0.25, 0.3) is 0 Å². The van der Waals surface area contributed by atoms with E-state index >= 15 is 0 Å². The summed E-state index contributed by atoms with van der Waals surface area (Å²) in [6.07, 6.45) is 1.75. The van der Waals surface area contributed by atoms with Crippen LogP contribution in [0.1, 0.15) is 17.2 Å². The molecule has 2 heteroatoms. The van der Waals surface area contributed by atoms with Gasteiger partial charge in [0.2, 0.25) is 0 Å². The normalized spacial score (nSPS) is 11.7. The van der Waals surface area contributed by atoms with Crippen molar-refractivity contribution in [3.8, 4) is 6.07 Å². The first-order valence-corrected chi connectivity index (χ1v) is 4.59. The van der Waals surface area contributed by atoms with Crippen molar-refractivity contribution in [3.63, 3.8) is 0 Å². The van der Waals surface area contributed by atoms with E-state index in [9.17, 15) is 0 Å². The van der Waals surface area contributed by atoms with Gasteiger partial charge in [-0.25, -0.2) is 0 Å². The molecule has 0 fully saturated rings. The van der Waals surface area contributed by atoms with E-state index in [-0.39, 0.29) is 6.04 Å². The van der Waals surface area contributed by atoms with Gasteiger partial charge in [-0.3, -0.25) is 5.32 Å². The lowest BCUT2D eigenvalue weighted by atomic mass is 10.0. The zero-order valence-corrected chi connectivity index (χ0v) is 8.33. The first-order chi connectivity index (χ1) is 6.79. The predicted molar refractivity (Wildman–Crippen MR) is 57.7 cm³/mol. The molecular formula is C12H14N2. The molecule has 0 amide bonds. The number of hydrogen-bond acceptors (Lipinski definition) is 2. The molecule has 0 saturated carbocycles. The molecule has 72 valence electrons. The zero-order valence-electron chi connectivity index (χ0n) is 8.33. The molecule has 0 aliphatic rings. The molecular weight excluding hydrogens is 172 g/mol. The minimum absolute atomic E-state index is 0.241. The third-order valence-corrected chi connectivity index (χ3v) is 2.09. The second-order valence-electron chi connectivity index (χ2n) is 3.12. The number of nitrogens with one attached hydrogen (secondary N) is 1. The summed E-state index contributed by atoms with van der Waals surface area (Å²) >= 11 is 0. The van der Waals surface area contributed by atoms with Crippen molar-refractivity contribution >= 4 is 0 Å². The highest BCUT2D eigenvalue weighted by molar-refractivity contribution is 5.32. The minimum Gasteiger partial charge on any atom is -0.295 e. The minimum atomic E-state index is -0.241. The Morgan fingerprint density at radius 1 is 1.57 bits per heavy atom. The van der Waals surface area contributed by atoms with Crippen LogP contribution >= 0.6 is 0 Å². The number of nitrogens with zero attached hydrogens (tertiary/aromatic N) is 1. The van der Waals surface area contributed by atoms with E-state index in [0.29, 0.717) is 6.54 Å². The van der Waals surface area contributed by atoms with Crippen molar-refractivity contribution in [2.45, 2.75) is 13.0 Å². The molecule has 0 radical (unpaired) electrons. The summed E-state index contributed by atoms with van der Waals surface area (Å²) in [4.78, 5) is 0. The highest BCUT2D eigenvalue weighted by Gasteiger charge is 2.10.